The Kier molecular flexibility index (Phi) is 5.61. The second-order valence-corrected chi connectivity index (χ2v) is 6.34. The molecule has 0 saturated heterocycles. The van der Waals surface area contributed by atoms with Crippen molar-refractivity contribution in [3.63, 3.8) is 0 Å². The summed E-state index contributed by atoms with van der Waals surface area (Å²) in [5, 5.41) is 0. The predicted molar refractivity (Wildman–Crippen MR) is 80.5 cm³/mol. The van der Waals surface area contributed by atoms with Crippen LogP contribution in [0, 0.1) is 17.3 Å². The van der Waals surface area contributed by atoms with Crippen molar-refractivity contribution in [1.29, 1.82) is 0 Å². The minimum atomic E-state index is 0.318. The minimum Gasteiger partial charge on any atom is -0.327 e. The average Bonchev–Trinajstić information content (AvgIpc) is 2.31. The molecule has 0 spiro atoms. The molecule has 2 N–H and O–H groups in total. The third kappa shape index (κ3) is 3.46. The summed E-state index contributed by atoms with van der Waals surface area (Å²) in [6, 6.07) is 0.364. The second kappa shape index (κ2) is 6.53. The van der Waals surface area contributed by atoms with Crippen LogP contribution in [-0.4, -0.2) is 30.6 Å². The standard InChI is InChI=1S/C16H30N2/c1-6-10-18(11-7-2)12-14-8-9-15(17)13(3)16(14,4)5/h6-7,13-15H,1-2,8-12,17H2,3-5H3. The van der Waals surface area contributed by atoms with Crippen LogP contribution in [0.5, 0.6) is 0 Å². The van der Waals surface area contributed by atoms with Crippen LogP contribution in [0.15, 0.2) is 25.3 Å². The molecule has 0 aromatic carbocycles. The van der Waals surface area contributed by atoms with Crippen LogP contribution in [0.3, 0.4) is 0 Å². The molecule has 0 radical (unpaired) electrons. The van der Waals surface area contributed by atoms with Gasteiger partial charge in [-0.25, -0.2) is 0 Å². The van der Waals surface area contributed by atoms with Crippen LogP contribution in [0.2, 0.25) is 0 Å². The van der Waals surface area contributed by atoms with Gasteiger partial charge in [0, 0.05) is 25.7 Å². The summed E-state index contributed by atoms with van der Waals surface area (Å²) in [6.07, 6.45) is 6.36. The Bertz CT molecular complexity index is 273. The normalized spacial score (nSPS) is 31.3. The van der Waals surface area contributed by atoms with Crippen molar-refractivity contribution >= 4 is 0 Å². The third-order valence-electron chi connectivity index (χ3n) is 4.97. The Morgan fingerprint density at radius 1 is 1.22 bits per heavy atom. The maximum atomic E-state index is 6.22. The first-order valence-corrected chi connectivity index (χ1v) is 7.13. The highest BCUT2D eigenvalue weighted by Crippen LogP contribution is 2.44. The molecule has 1 aliphatic carbocycles. The molecule has 0 aliphatic heterocycles. The van der Waals surface area contributed by atoms with Crippen molar-refractivity contribution in [3.8, 4) is 0 Å². The lowest BCUT2D eigenvalue weighted by atomic mass is 9.61. The summed E-state index contributed by atoms with van der Waals surface area (Å²) in [4.78, 5) is 2.43. The fourth-order valence-corrected chi connectivity index (χ4v) is 3.17. The van der Waals surface area contributed by atoms with E-state index in [4.69, 9.17) is 5.73 Å². The zero-order valence-corrected chi connectivity index (χ0v) is 12.4. The van der Waals surface area contributed by atoms with Crippen molar-refractivity contribution in [2.24, 2.45) is 23.0 Å². The van der Waals surface area contributed by atoms with Gasteiger partial charge in [-0.3, -0.25) is 4.90 Å². The van der Waals surface area contributed by atoms with E-state index in [0.29, 0.717) is 23.3 Å². The molecular weight excluding hydrogens is 220 g/mol. The number of hydrogen-bond acceptors (Lipinski definition) is 2. The van der Waals surface area contributed by atoms with Crippen LogP contribution in [-0.2, 0) is 0 Å². The number of nitrogens with zero attached hydrogens (tertiary/aromatic N) is 1. The molecule has 1 saturated carbocycles. The van der Waals surface area contributed by atoms with E-state index >= 15 is 0 Å². The summed E-state index contributed by atoms with van der Waals surface area (Å²) in [5.41, 5.74) is 6.54. The van der Waals surface area contributed by atoms with Gasteiger partial charge in [0.1, 0.15) is 0 Å². The molecule has 18 heavy (non-hydrogen) atoms. The Labute approximate surface area is 113 Å². The van der Waals surface area contributed by atoms with Crippen molar-refractivity contribution in [1.82, 2.24) is 4.90 Å². The Hall–Kier alpha value is -0.600. The number of hydrogen-bond donors (Lipinski definition) is 1. The fraction of sp³-hybridized carbons (Fsp3) is 0.750. The van der Waals surface area contributed by atoms with E-state index in [1.165, 1.54) is 6.42 Å². The van der Waals surface area contributed by atoms with Crippen LogP contribution in [0.1, 0.15) is 33.6 Å². The monoisotopic (exact) mass is 250 g/mol. The molecule has 104 valence electrons. The lowest BCUT2D eigenvalue weighted by molar-refractivity contribution is 0.0331. The van der Waals surface area contributed by atoms with Crippen molar-refractivity contribution < 1.29 is 0 Å². The van der Waals surface area contributed by atoms with E-state index in [2.05, 4.69) is 38.8 Å². The summed E-state index contributed by atoms with van der Waals surface area (Å²) < 4.78 is 0. The lowest BCUT2D eigenvalue weighted by Crippen LogP contribution is -2.50. The molecule has 0 aromatic rings. The molecule has 1 fully saturated rings. The third-order valence-corrected chi connectivity index (χ3v) is 4.97. The maximum Gasteiger partial charge on any atom is 0.0164 e. The highest BCUT2D eigenvalue weighted by molar-refractivity contribution is 4.95. The molecule has 1 rings (SSSR count). The summed E-state index contributed by atoms with van der Waals surface area (Å²) in [7, 11) is 0. The highest BCUT2D eigenvalue weighted by atomic mass is 15.1. The van der Waals surface area contributed by atoms with Gasteiger partial charge in [-0.15, -0.1) is 13.2 Å². The zero-order valence-electron chi connectivity index (χ0n) is 12.4. The molecule has 3 atom stereocenters. The molecular formula is C16H30N2. The molecule has 2 nitrogen and oxygen atoms in total. The van der Waals surface area contributed by atoms with E-state index in [9.17, 15) is 0 Å². The van der Waals surface area contributed by atoms with Gasteiger partial charge in [-0.1, -0.05) is 32.9 Å². The summed E-state index contributed by atoms with van der Waals surface area (Å²) in [6.45, 7) is 17.8. The van der Waals surface area contributed by atoms with Crippen LogP contribution in [0.4, 0.5) is 0 Å². The van der Waals surface area contributed by atoms with Gasteiger partial charge in [0.05, 0.1) is 0 Å². The summed E-state index contributed by atoms with van der Waals surface area (Å²) >= 11 is 0. The molecule has 0 heterocycles. The van der Waals surface area contributed by atoms with Crippen molar-refractivity contribution in [2.75, 3.05) is 19.6 Å². The Morgan fingerprint density at radius 2 is 1.78 bits per heavy atom. The highest BCUT2D eigenvalue weighted by Gasteiger charge is 2.41. The smallest absolute Gasteiger partial charge is 0.0164 e. The number of nitrogens with two attached hydrogens (primary N) is 1. The van der Waals surface area contributed by atoms with Gasteiger partial charge in [0.2, 0.25) is 0 Å². The maximum absolute atomic E-state index is 6.22. The van der Waals surface area contributed by atoms with Crippen LogP contribution >= 0.6 is 0 Å². The van der Waals surface area contributed by atoms with Gasteiger partial charge < -0.3 is 5.73 Å². The minimum absolute atomic E-state index is 0.318. The van der Waals surface area contributed by atoms with Crippen LogP contribution < -0.4 is 5.73 Å². The topological polar surface area (TPSA) is 29.3 Å². The molecule has 2 heteroatoms. The average molecular weight is 250 g/mol. The van der Waals surface area contributed by atoms with Crippen molar-refractivity contribution in [2.45, 2.75) is 39.7 Å². The molecule has 0 aromatic heterocycles. The van der Waals surface area contributed by atoms with E-state index in [1.807, 2.05) is 12.2 Å². The first kappa shape index (κ1) is 15.5. The number of rotatable bonds is 6. The first-order chi connectivity index (χ1) is 8.43. The van der Waals surface area contributed by atoms with Gasteiger partial charge in [-0.05, 0) is 30.1 Å². The quantitative estimate of drug-likeness (QED) is 0.734. The largest absolute Gasteiger partial charge is 0.327 e. The summed E-state index contributed by atoms with van der Waals surface area (Å²) in [5.74, 6) is 1.30. The molecule has 3 unspecified atom stereocenters. The predicted octanol–water partition coefficient (Wildman–Crippen LogP) is 3.06. The molecule has 1 aliphatic rings. The van der Waals surface area contributed by atoms with Crippen LogP contribution in [0.25, 0.3) is 0 Å². The first-order valence-electron chi connectivity index (χ1n) is 7.13. The van der Waals surface area contributed by atoms with E-state index < -0.39 is 0 Å². The Balaban J connectivity index is 2.69. The van der Waals surface area contributed by atoms with Gasteiger partial charge in [0.25, 0.3) is 0 Å². The second-order valence-electron chi connectivity index (χ2n) is 6.34. The molecule has 0 amide bonds. The zero-order chi connectivity index (χ0) is 13.8. The molecule has 0 bridgehead atoms. The Morgan fingerprint density at radius 3 is 2.28 bits per heavy atom. The SMILES string of the molecule is C=CCN(CC=C)CC1CCC(N)C(C)C1(C)C. The van der Waals surface area contributed by atoms with Gasteiger partial charge in [-0.2, -0.15) is 0 Å². The van der Waals surface area contributed by atoms with E-state index in [1.54, 1.807) is 0 Å². The van der Waals surface area contributed by atoms with Gasteiger partial charge in [0.15, 0.2) is 0 Å². The van der Waals surface area contributed by atoms with Gasteiger partial charge >= 0.3 is 0 Å². The fourth-order valence-electron chi connectivity index (χ4n) is 3.17. The van der Waals surface area contributed by atoms with E-state index in [0.717, 1.165) is 26.1 Å². The lowest BCUT2D eigenvalue weighted by Gasteiger charge is -2.48. The van der Waals surface area contributed by atoms with Crippen molar-refractivity contribution in [3.05, 3.63) is 25.3 Å². The van der Waals surface area contributed by atoms with E-state index in [-0.39, 0.29) is 0 Å².